The highest BCUT2D eigenvalue weighted by Crippen LogP contribution is 2.23. The smallest absolute Gasteiger partial charge is 0.348 e. The van der Waals surface area contributed by atoms with Gasteiger partial charge in [-0.3, -0.25) is 14.2 Å². The molecule has 1 aromatic carbocycles. The van der Waals surface area contributed by atoms with Crippen molar-refractivity contribution < 1.29 is 4.39 Å². The van der Waals surface area contributed by atoms with Crippen LogP contribution in [0.1, 0.15) is 11.4 Å². The van der Waals surface area contributed by atoms with E-state index in [1.54, 1.807) is 12.1 Å². The van der Waals surface area contributed by atoms with E-state index in [-0.39, 0.29) is 5.56 Å². The Morgan fingerprint density at radius 1 is 1.26 bits per heavy atom. The Bertz CT molecular complexity index is 1550. The maximum absolute atomic E-state index is 13.9. The number of nitrogens with one attached hydrogen (secondary N) is 3. The fourth-order valence-corrected chi connectivity index (χ4v) is 4.40. The lowest BCUT2D eigenvalue weighted by atomic mass is 10.0. The van der Waals surface area contributed by atoms with Gasteiger partial charge in [0.15, 0.2) is 16.4 Å². The molecule has 5 rings (SSSR count). The summed E-state index contributed by atoms with van der Waals surface area (Å²) in [5.74, 6) is -0.0733. The van der Waals surface area contributed by atoms with Crippen molar-refractivity contribution in [1.82, 2.24) is 29.3 Å². The molecule has 4 aromatic heterocycles. The van der Waals surface area contributed by atoms with Gasteiger partial charge in [0.05, 0.1) is 17.6 Å². The van der Waals surface area contributed by atoms with Crippen LogP contribution < -0.4 is 16.6 Å². The third-order valence-electron chi connectivity index (χ3n) is 4.90. The number of halogens is 1. The summed E-state index contributed by atoms with van der Waals surface area (Å²) in [6, 6.07) is 5.92. The topological polar surface area (TPSA) is 121 Å². The molecular formula is C20H16FN7O2S. The molecule has 0 bridgehead atoms. The molecule has 9 nitrogen and oxygen atoms in total. The van der Waals surface area contributed by atoms with E-state index < -0.39 is 11.5 Å². The van der Waals surface area contributed by atoms with Crippen molar-refractivity contribution in [3.63, 3.8) is 0 Å². The van der Waals surface area contributed by atoms with Crippen LogP contribution in [-0.2, 0) is 6.42 Å². The largest absolute Gasteiger partial charge is 0.368 e. The first-order valence-corrected chi connectivity index (χ1v) is 10.3. The lowest BCUT2D eigenvalue weighted by molar-refractivity contribution is 0.628. The van der Waals surface area contributed by atoms with Gasteiger partial charge >= 0.3 is 5.69 Å². The van der Waals surface area contributed by atoms with Crippen molar-refractivity contribution in [1.29, 1.82) is 0 Å². The number of nitrogens with zero attached hydrogens (tertiary/aromatic N) is 4. The third kappa shape index (κ3) is 3.38. The number of hydrogen-bond donors (Lipinski definition) is 3. The van der Waals surface area contributed by atoms with Crippen LogP contribution >= 0.6 is 11.3 Å². The number of hydrogen-bond acceptors (Lipinski definition) is 7. The predicted octanol–water partition coefficient (Wildman–Crippen LogP) is 2.48. The van der Waals surface area contributed by atoms with Crippen LogP contribution in [0.5, 0.6) is 0 Å². The molecule has 0 unspecified atom stereocenters. The molecule has 0 saturated heterocycles. The van der Waals surface area contributed by atoms with Gasteiger partial charge in [-0.25, -0.2) is 19.2 Å². The molecule has 31 heavy (non-hydrogen) atoms. The minimum Gasteiger partial charge on any atom is -0.368 e. The lowest BCUT2D eigenvalue weighted by Gasteiger charge is -2.11. The quantitative estimate of drug-likeness (QED) is 0.388. The maximum atomic E-state index is 13.9. The zero-order chi connectivity index (χ0) is 21.5. The molecule has 0 spiro atoms. The first kappa shape index (κ1) is 19.1. The van der Waals surface area contributed by atoms with E-state index in [4.69, 9.17) is 0 Å². The third-order valence-corrected chi connectivity index (χ3v) is 5.84. The number of aryl methyl sites for hydroxylation is 1. The molecule has 0 radical (unpaired) electrons. The Morgan fingerprint density at radius 3 is 2.97 bits per heavy atom. The molecule has 0 aliphatic carbocycles. The zero-order valence-electron chi connectivity index (χ0n) is 16.3. The monoisotopic (exact) mass is 437 g/mol. The number of aromatic nitrogens is 6. The second-order valence-corrected chi connectivity index (χ2v) is 7.77. The minimum absolute atomic E-state index is 0.241. The summed E-state index contributed by atoms with van der Waals surface area (Å²) in [4.78, 5) is 43.7. The summed E-state index contributed by atoms with van der Waals surface area (Å²) in [6.45, 7) is 2.18. The highest BCUT2D eigenvalue weighted by molar-refractivity contribution is 7.15. The lowest BCUT2D eigenvalue weighted by Crippen LogP contribution is -2.21. The van der Waals surface area contributed by atoms with Crippen LogP contribution in [0.2, 0.25) is 0 Å². The van der Waals surface area contributed by atoms with E-state index in [1.165, 1.54) is 34.2 Å². The van der Waals surface area contributed by atoms with Crippen molar-refractivity contribution in [3.8, 4) is 11.1 Å². The summed E-state index contributed by atoms with van der Waals surface area (Å²) in [6.07, 6.45) is 1.82. The van der Waals surface area contributed by atoms with Crippen LogP contribution in [0, 0.1) is 12.7 Å². The molecule has 0 atom stereocenters. The van der Waals surface area contributed by atoms with E-state index >= 15 is 0 Å². The molecule has 0 aliphatic heterocycles. The van der Waals surface area contributed by atoms with Crippen LogP contribution in [0.3, 0.4) is 0 Å². The normalized spacial score (nSPS) is 11.4. The van der Waals surface area contributed by atoms with Gasteiger partial charge in [0.1, 0.15) is 11.3 Å². The van der Waals surface area contributed by atoms with E-state index in [2.05, 4.69) is 30.2 Å². The van der Waals surface area contributed by atoms with Gasteiger partial charge in [-0.15, -0.1) is 11.3 Å². The van der Waals surface area contributed by atoms with Gasteiger partial charge in [-0.1, -0.05) is 12.1 Å². The SMILES string of the molecule is Cc1csc2nc(CCNc3nc(=O)[nH]c4nc[nH]c34)c(-c3cccc(F)c3)c(=O)n12. The fraction of sp³-hybridized carbons (Fsp3) is 0.150. The van der Waals surface area contributed by atoms with Crippen molar-refractivity contribution in [2.45, 2.75) is 13.3 Å². The van der Waals surface area contributed by atoms with Crippen molar-refractivity contribution in [2.75, 3.05) is 11.9 Å². The molecular weight excluding hydrogens is 421 g/mol. The maximum Gasteiger partial charge on any atom is 0.348 e. The Morgan fingerprint density at radius 2 is 2.13 bits per heavy atom. The fourth-order valence-electron chi connectivity index (χ4n) is 3.52. The number of rotatable bonds is 5. The number of H-pyrrole nitrogens is 2. The van der Waals surface area contributed by atoms with Crippen molar-refractivity contribution in [2.24, 2.45) is 0 Å². The number of anilines is 1. The van der Waals surface area contributed by atoms with Crippen LogP contribution in [0.25, 0.3) is 27.3 Å². The highest BCUT2D eigenvalue weighted by Gasteiger charge is 2.17. The second-order valence-electron chi connectivity index (χ2n) is 6.94. The summed E-state index contributed by atoms with van der Waals surface area (Å²) in [5.41, 5.74) is 2.34. The number of aromatic amines is 2. The van der Waals surface area contributed by atoms with Crippen molar-refractivity contribution in [3.05, 3.63) is 74.0 Å². The number of thiazole rings is 1. The molecule has 0 fully saturated rings. The predicted molar refractivity (Wildman–Crippen MR) is 116 cm³/mol. The Labute approximate surface area is 177 Å². The highest BCUT2D eigenvalue weighted by atomic mass is 32.1. The molecule has 5 aromatic rings. The van der Waals surface area contributed by atoms with Gasteiger partial charge in [-0.2, -0.15) is 4.98 Å². The van der Waals surface area contributed by atoms with Gasteiger partial charge in [0.2, 0.25) is 0 Å². The Hall–Kier alpha value is -3.86. The number of imidazole rings is 1. The summed E-state index contributed by atoms with van der Waals surface area (Å²) in [5, 5.41) is 4.96. The van der Waals surface area contributed by atoms with Gasteiger partial charge in [-0.05, 0) is 24.6 Å². The van der Waals surface area contributed by atoms with E-state index in [9.17, 15) is 14.0 Å². The van der Waals surface area contributed by atoms with Crippen molar-refractivity contribution >= 4 is 33.3 Å². The van der Waals surface area contributed by atoms with Crippen LogP contribution in [-0.4, -0.2) is 35.9 Å². The Kier molecular flexibility index (Phi) is 4.59. The molecule has 11 heteroatoms. The number of benzene rings is 1. The second kappa shape index (κ2) is 7.43. The van der Waals surface area contributed by atoms with E-state index in [0.29, 0.717) is 51.7 Å². The van der Waals surface area contributed by atoms with Gasteiger partial charge < -0.3 is 10.3 Å². The molecule has 156 valence electrons. The number of fused-ring (bicyclic) bond motifs is 2. The molecule has 4 heterocycles. The molecule has 3 N–H and O–H groups in total. The minimum atomic E-state index is -0.519. The van der Waals surface area contributed by atoms with Gasteiger partial charge in [0.25, 0.3) is 5.56 Å². The van der Waals surface area contributed by atoms with E-state index in [1.807, 2.05) is 12.3 Å². The molecule has 0 amide bonds. The van der Waals surface area contributed by atoms with Gasteiger partial charge in [0, 0.05) is 24.0 Å². The molecule has 0 saturated carbocycles. The average molecular weight is 437 g/mol. The van der Waals surface area contributed by atoms with Crippen LogP contribution in [0.15, 0.2) is 45.6 Å². The van der Waals surface area contributed by atoms with Crippen LogP contribution in [0.4, 0.5) is 10.2 Å². The first-order chi connectivity index (χ1) is 15.0. The summed E-state index contributed by atoms with van der Waals surface area (Å²) < 4.78 is 15.4. The summed E-state index contributed by atoms with van der Waals surface area (Å²) >= 11 is 1.37. The summed E-state index contributed by atoms with van der Waals surface area (Å²) in [7, 11) is 0. The standard InChI is InChI=1S/C20H16FN7O2S/c1-10-8-31-20-25-13(14(18(29)28(10)20)11-3-2-4-12(21)7-11)5-6-22-16-15-17(24-9-23-15)27-19(30)26-16/h2-4,7-9H,5-6H2,1H3,(H3,22,23,24,26,27,30). The average Bonchev–Trinajstić information content (AvgIpc) is 3.34. The van der Waals surface area contributed by atoms with E-state index in [0.717, 1.165) is 5.69 Å². The molecule has 0 aliphatic rings. The zero-order valence-corrected chi connectivity index (χ0v) is 17.1. The first-order valence-electron chi connectivity index (χ1n) is 9.44. The Balaban J connectivity index is 1.54.